The SMILES string of the molecule is C[C@H](N[C@H](C)C(=O)Nc1sccc1C(N)=O)c1ccc(Cl)cc1. The Labute approximate surface area is 143 Å². The zero-order valence-corrected chi connectivity index (χ0v) is 14.4. The molecule has 2 atom stereocenters. The maximum absolute atomic E-state index is 12.3. The lowest BCUT2D eigenvalue weighted by atomic mass is 10.1. The zero-order valence-electron chi connectivity index (χ0n) is 12.8. The van der Waals surface area contributed by atoms with Crippen LogP contribution in [0.2, 0.25) is 5.02 Å². The second-order valence-electron chi connectivity index (χ2n) is 5.18. The van der Waals surface area contributed by atoms with Gasteiger partial charge in [-0.1, -0.05) is 23.7 Å². The van der Waals surface area contributed by atoms with Crippen molar-refractivity contribution >= 4 is 39.8 Å². The van der Waals surface area contributed by atoms with Gasteiger partial charge in [0, 0.05) is 11.1 Å². The van der Waals surface area contributed by atoms with E-state index in [1.54, 1.807) is 18.4 Å². The molecule has 1 heterocycles. The molecule has 0 unspecified atom stereocenters. The second kappa shape index (κ2) is 7.59. The van der Waals surface area contributed by atoms with Gasteiger partial charge in [0.25, 0.3) is 5.91 Å². The molecule has 0 aliphatic heterocycles. The van der Waals surface area contributed by atoms with Crippen LogP contribution in [-0.4, -0.2) is 17.9 Å². The Morgan fingerprint density at radius 2 is 1.83 bits per heavy atom. The average molecular weight is 352 g/mol. The molecule has 2 amide bonds. The summed E-state index contributed by atoms with van der Waals surface area (Å²) < 4.78 is 0. The summed E-state index contributed by atoms with van der Waals surface area (Å²) in [4.78, 5) is 23.5. The molecular formula is C16H18ClN3O2S. The summed E-state index contributed by atoms with van der Waals surface area (Å²) in [5, 5.41) is 8.79. The number of halogens is 1. The molecule has 1 aromatic heterocycles. The number of amides is 2. The number of carbonyl (C=O) groups is 2. The summed E-state index contributed by atoms with van der Waals surface area (Å²) in [5.41, 5.74) is 6.62. The minimum atomic E-state index is -0.559. The van der Waals surface area contributed by atoms with E-state index in [4.69, 9.17) is 17.3 Å². The number of nitrogens with one attached hydrogen (secondary N) is 2. The van der Waals surface area contributed by atoms with Crippen LogP contribution in [0.15, 0.2) is 35.7 Å². The molecule has 0 saturated heterocycles. The summed E-state index contributed by atoms with van der Waals surface area (Å²) >= 11 is 7.14. The third-order valence-electron chi connectivity index (χ3n) is 3.43. The number of anilines is 1. The van der Waals surface area contributed by atoms with Crippen molar-refractivity contribution in [1.82, 2.24) is 5.32 Å². The van der Waals surface area contributed by atoms with Crippen molar-refractivity contribution < 1.29 is 9.59 Å². The van der Waals surface area contributed by atoms with E-state index in [1.165, 1.54) is 11.3 Å². The number of nitrogens with two attached hydrogens (primary N) is 1. The van der Waals surface area contributed by atoms with Gasteiger partial charge in [0.05, 0.1) is 11.6 Å². The quantitative estimate of drug-likeness (QED) is 0.747. The molecule has 2 aromatic rings. The third-order valence-corrected chi connectivity index (χ3v) is 4.51. The normalized spacial score (nSPS) is 13.3. The van der Waals surface area contributed by atoms with E-state index in [1.807, 2.05) is 31.2 Å². The van der Waals surface area contributed by atoms with Crippen molar-refractivity contribution in [3.63, 3.8) is 0 Å². The van der Waals surface area contributed by atoms with Crippen LogP contribution in [0.1, 0.15) is 35.8 Å². The van der Waals surface area contributed by atoms with Crippen molar-refractivity contribution in [2.75, 3.05) is 5.32 Å². The van der Waals surface area contributed by atoms with E-state index >= 15 is 0 Å². The third kappa shape index (κ3) is 4.54. The number of benzene rings is 1. The molecular weight excluding hydrogens is 334 g/mol. The van der Waals surface area contributed by atoms with Gasteiger partial charge in [-0.15, -0.1) is 11.3 Å². The molecule has 0 radical (unpaired) electrons. The van der Waals surface area contributed by atoms with Crippen LogP contribution < -0.4 is 16.4 Å². The van der Waals surface area contributed by atoms with Gasteiger partial charge in [0.2, 0.25) is 5.91 Å². The first-order valence-electron chi connectivity index (χ1n) is 7.08. The van der Waals surface area contributed by atoms with Crippen LogP contribution in [0.25, 0.3) is 0 Å². The van der Waals surface area contributed by atoms with Gasteiger partial charge in [-0.2, -0.15) is 0 Å². The Balaban J connectivity index is 1.98. The highest BCUT2D eigenvalue weighted by Crippen LogP contribution is 2.23. The topological polar surface area (TPSA) is 84.2 Å². The van der Waals surface area contributed by atoms with Crippen LogP contribution >= 0.6 is 22.9 Å². The van der Waals surface area contributed by atoms with Gasteiger partial charge in [-0.25, -0.2) is 0 Å². The number of hydrogen-bond donors (Lipinski definition) is 3. The fourth-order valence-corrected chi connectivity index (χ4v) is 3.04. The summed E-state index contributed by atoms with van der Waals surface area (Å²) in [6.45, 7) is 3.73. The summed E-state index contributed by atoms with van der Waals surface area (Å²) in [6, 6.07) is 8.58. The maximum Gasteiger partial charge on any atom is 0.251 e. The fourth-order valence-electron chi connectivity index (χ4n) is 2.12. The summed E-state index contributed by atoms with van der Waals surface area (Å²) in [6.07, 6.45) is 0. The minimum absolute atomic E-state index is 0.0213. The second-order valence-corrected chi connectivity index (χ2v) is 6.53. The first-order chi connectivity index (χ1) is 10.9. The Kier molecular flexibility index (Phi) is 5.76. The molecule has 0 spiro atoms. The van der Waals surface area contributed by atoms with Crippen LogP contribution in [0.3, 0.4) is 0 Å². The van der Waals surface area contributed by atoms with Crippen molar-refractivity contribution in [3.05, 3.63) is 51.9 Å². The average Bonchev–Trinajstić information content (AvgIpc) is 2.96. The van der Waals surface area contributed by atoms with Gasteiger partial charge < -0.3 is 11.1 Å². The standard InChI is InChI=1S/C16H18ClN3O2S/c1-9(11-3-5-12(17)6-4-11)19-10(2)15(22)20-16-13(14(18)21)7-8-23-16/h3-10,19H,1-2H3,(H2,18,21)(H,20,22)/t9-,10+/m0/s1. The van der Waals surface area contributed by atoms with Gasteiger partial charge in [-0.05, 0) is 43.0 Å². The molecule has 1 aromatic carbocycles. The summed E-state index contributed by atoms with van der Waals surface area (Å²) in [5.74, 6) is -0.785. The van der Waals surface area contributed by atoms with E-state index in [9.17, 15) is 9.59 Å². The molecule has 0 bridgehead atoms. The number of hydrogen-bond acceptors (Lipinski definition) is 4. The van der Waals surface area contributed by atoms with Gasteiger partial charge in [0.15, 0.2) is 0 Å². The highest BCUT2D eigenvalue weighted by atomic mass is 35.5. The lowest BCUT2D eigenvalue weighted by Gasteiger charge is -2.20. The smallest absolute Gasteiger partial charge is 0.251 e. The molecule has 0 aliphatic rings. The maximum atomic E-state index is 12.3. The Bertz CT molecular complexity index is 700. The molecule has 0 saturated carbocycles. The van der Waals surface area contributed by atoms with Gasteiger partial charge in [-0.3, -0.25) is 14.9 Å². The van der Waals surface area contributed by atoms with E-state index in [0.717, 1.165) is 5.56 Å². The Morgan fingerprint density at radius 1 is 1.17 bits per heavy atom. The number of rotatable bonds is 6. The van der Waals surface area contributed by atoms with Crippen LogP contribution in [-0.2, 0) is 4.79 Å². The number of carbonyl (C=O) groups excluding carboxylic acids is 2. The minimum Gasteiger partial charge on any atom is -0.366 e. The van der Waals surface area contributed by atoms with Crippen molar-refractivity contribution in [2.24, 2.45) is 5.73 Å². The van der Waals surface area contributed by atoms with E-state index in [-0.39, 0.29) is 11.9 Å². The van der Waals surface area contributed by atoms with E-state index < -0.39 is 11.9 Å². The molecule has 7 heteroatoms. The van der Waals surface area contributed by atoms with E-state index in [2.05, 4.69) is 10.6 Å². The molecule has 0 fully saturated rings. The lowest BCUT2D eigenvalue weighted by molar-refractivity contribution is -0.117. The Morgan fingerprint density at radius 3 is 2.43 bits per heavy atom. The van der Waals surface area contributed by atoms with Crippen molar-refractivity contribution in [2.45, 2.75) is 25.9 Å². The summed E-state index contributed by atoms with van der Waals surface area (Å²) in [7, 11) is 0. The number of thiophene rings is 1. The first kappa shape index (κ1) is 17.5. The highest BCUT2D eigenvalue weighted by molar-refractivity contribution is 7.14. The predicted octanol–water partition coefficient (Wildman–Crippen LogP) is 3.18. The van der Waals surface area contributed by atoms with E-state index in [0.29, 0.717) is 15.6 Å². The van der Waals surface area contributed by atoms with Gasteiger partial charge >= 0.3 is 0 Å². The lowest BCUT2D eigenvalue weighted by Crippen LogP contribution is -2.39. The molecule has 23 heavy (non-hydrogen) atoms. The molecule has 5 nitrogen and oxygen atoms in total. The molecule has 122 valence electrons. The van der Waals surface area contributed by atoms with Crippen molar-refractivity contribution in [3.8, 4) is 0 Å². The zero-order chi connectivity index (χ0) is 17.0. The van der Waals surface area contributed by atoms with Crippen LogP contribution in [0.4, 0.5) is 5.00 Å². The number of primary amides is 1. The predicted molar refractivity (Wildman–Crippen MR) is 93.9 cm³/mol. The van der Waals surface area contributed by atoms with Crippen LogP contribution in [0.5, 0.6) is 0 Å². The van der Waals surface area contributed by atoms with Crippen LogP contribution in [0, 0.1) is 0 Å². The highest BCUT2D eigenvalue weighted by Gasteiger charge is 2.19. The fraction of sp³-hybridized carbons (Fsp3) is 0.250. The monoisotopic (exact) mass is 351 g/mol. The molecule has 2 rings (SSSR count). The van der Waals surface area contributed by atoms with Crippen molar-refractivity contribution in [1.29, 1.82) is 0 Å². The van der Waals surface area contributed by atoms with Gasteiger partial charge in [0.1, 0.15) is 5.00 Å². The molecule has 0 aliphatic carbocycles. The largest absolute Gasteiger partial charge is 0.366 e. The Hall–Kier alpha value is -1.89. The first-order valence-corrected chi connectivity index (χ1v) is 8.34. The molecule has 4 N–H and O–H groups in total.